The lowest BCUT2D eigenvalue weighted by atomic mass is 9.71. The van der Waals surface area contributed by atoms with Gasteiger partial charge in [0.15, 0.2) is 5.05 Å². The number of rotatable bonds is 16. The second-order valence-corrected chi connectivity index (χ2v) is 9.99. The Bertz CT molecular complexity index is 625. The molecule has 32 heavy (non-hydrogen) atoms. The van der Waals surface area contributed by atoms with Gasteiger partial charge in [-0.2, -0.15) is 0 Å². The maximum absolute atomic E-state index is 14.1. The molecule has 2 nitrogen and oxygen atoms in total. The zero-order valence-corrected chi connectivity index (χ0v) is 21.3. The van der Waals surface area contributed by atoms with E-state index in [1.807, 2.05) is 24.3 Å². The van der Waals surface area contributed by atoms with E-state index in [9.17, 15) is 4.39 Å². The first-order valence-corrected chi connectivity index (χ1v) is 13.6. The summed E-state index contributed by atoms with van der Waals surface area (Å²) in [6, 6.07) is 7.51. The van der Waals surface area contributed by atoms with Crippen LogP contribution < -0.4 is 9.47 Å². The van der Waals surface area contributed by atoms with Crippen molar-refractivity contribution >= 4 is 17.3 Å². The Morgan fingerprint density at radius 2 is 1.47 bits per heavy atom. The van der Waals surface area contributed by atoms with Crippen molar-refractivity contribution in [2.45, 2.75) is 123 Å². The van der Waals surface area contributed by atoms with Crippen LogP contribution in [-0.2, 0) is 0 Å². The summed E-state index contributed by atoms with van der Waals surface area (Å²) in [7, 11) is 0. The molecule has 0 bridgehead atoms. The van der Waals surface area contributed by atoms with Gasteiger partial charge in [0, 0.05) is 5.41 Å². The Hall–Kier alpha value is -1.16. The average molecular weight is 465 g/mol. The van der Waals surface area contributed by atoms with Crippen molar-refractivity contribution in [2.75, 3.05) is 6.61 Å². The molecule has 1 saturated carbocycles. The third kappa shape index (κ3) is 9.77. The topological polar surface area (TPSA) is 18.5 Å². The number of alkyl halides is 1. The molecule has 1 atom stereocenters. The molecule has 1 aliphatic carbocycles. The molecule has 1 aromatic rings. The van der Waals surface area contributed by atoms with Crippen LogP contribution in [0.2, 0.25) is 0 Å². The predicted molar refractivity (Wildman–Crippen MR) is 138 cm³/mol. The van der Waals surface area contributed by atoms with Gasteiger partial charge in [-0.25, -0.2) is 4.39 Å². The predicted octanol–water partition coefficient (Wildman–Crippen LogP) is 9.39. The summed E-state index contributed by atoms with van der Waals surface area (Å²) in [6.45, 7) is 4.57. The number of ether oxygens (including phenoxy) is 2. The Kier molecular flexibility index (Phi) is 13.2. The summed E-state index contributed by atoms with van der Waals surface area (Å²) in [5, 5.41) is 0.754. The lowest BCUT2D eigenvalue weighted by molar-refractivity contribution is 0.183. The number of halogens is 1. The Labute approximate surface area is 201 Å². The minimum atomic E-state index is -0.904. The zero-order chi connectivity index (χ0) is 23.1. The highest BCUT2D eigenvalue weighted by molar-refractivity contribution is 7.80. The Balaban J connectivity index is 1.75. The van der Waals surface area contributed by atoms with Crippen molar-refractivity contribution in [3.05, 3.63) is 24.3 Å². The molecule has 0 spiro atoms. The van der Waals surface area contributed by atoms with E-state index in [1.54, 1.807) is 0 Å². The van der Waals surface area contributed by atoms with Crippen molar-refractivity contribution in [3.8, 4) is 11.5 Å². The van der Waals surface area contributed by atoms with Crippen molar-refractivity contribution < 1.29 is 13.9 Å². The molecule has 0 aromatic heterocycles. The highest BCUT2D eigenvalue weighted by Gasteiger charge is 2.37. The van der Waals surface area contributed by atoms with E-state index in [1.165, 1.54) is 64.2 Å². The van der Waals surface area contributed by atoms with Crippen LogP contribution in [0, 0.1) is 5.41 Å². The minimum Gasteiger partial charge on any atom is -0.491 e. The van der Waals surface area contributed by atoms with Crippen LogP contribution in [0.15, 0.2) is 24.3 Å². The van der Waals surface area contributed by atoms with Crippen LogP contribution in [-0.4, -0.2) is 17.8 Å². The quantitative estimate of drug-likeness (QED) is 0.179. The molecule has 1 aromatic carbocycles. The van der Waals surface area contributed by atoms with Crippen LogP contribution in [0.3, 0.4) is 0 Å². The number of hydrogen-bond acceptors (Lipinski definition) is 3. The number of hydrogen-bond donors (Lipinski definition) is 0. The third-order valence-electron chi connectivity index (χ3n) is 6.84. The van der Waals surface area contributed by atoms with Crippen molar-refractivity contribution in [1.29, 1.82) is 0 Å². The SMILES string of the molecule is CCCCCCCC[C@H](F)COc1ccc(OC(=S)C2(CCCCC)CCCCC2)cc1. The maximum atomic E-state index is 14.1. The number of thiocarbonyl (C=S) groups is 1. The van der Waals surface area contributed by atoms with Gasteiger partial charge in [0.1, 0.15) is 24.3 Å². The van der Waals surface area contributed by atoms with Crippen LogP contribution in [0.25, 0.3) is 0 Å². The maximum Gasteiger partial charge on any atom is 0.173 e. The molecule has 0 aliphatic heterocycles. The molecule has 0 amide bonds. The summed E-state index contributed by atoms with van der Waals surface area (Å²) in [5.74, 6) is 1.44. The molecule has 2 rings (SSSR count). The first kappa shape index (κ1) is 27.1. The molecule has 4 heteroatoms. The van der Waals surface area contributed by atoms with Gasteiger partial charge in [0.2, 0.25) is 0 Å². The Morgan fingerprint density at radius 1 is 0.875 bits per heavy atom. The fraction of sp³-hybridized carbons (Fsp3) is 0.750. The van der Waals surface area contributed by atoms with Crippen LogP contribution >= 0.6 is 12.2 Å². The van der Waals surface area contributed by atoms with E-state index in [-0.39, 0.29) is 12.0 Å². The van der Waals surface area contributed by atoms with Crippen molar-refractivity contribution in [1.82, 2.24) is 0 Å². The largest absolute Gasteiger partial charge is 0.491 e. The minimum absolute atomic E-state index is 0.0515. The fourth-order valence-electron chi connectivity index (χ4n) is 4.73. The lowest BCUT2D eigenvalue weighted by Crippen LogP contribution is -2.35. The highest BCUT2D eigenvalue weighted by Crippen LogP contribution is 2.42. The summed E-state index contributed by atoms with van der Waals surface area (Å²) in [6.07, 6.45) is 17.7. The standard InChI is InChI=1S/C28H45FO2S/c1-3-5-7-8-9-11-15-24(29)23-30-25-16-18-26(19-17-25)31-27(32)28(20-12-6-4-2)21-13-10-14-22-28/h16-19,24H,3-15,20-23H2,1-2H3/t24-/m0/s1. The molecular formula is C28H45FO2S. The van der Waals surface area contributed by atoms with Gasteiger partial charge in [-0.15, -0.1) is 0 Å². The molecule has 0 radical (unpaired) electrons. The van der Waals surface area contributed by atoms with Gasteiger partial charge in [0.25, 0.3) is 0 Å². The van der Waals surface area contributed by atoms with Crippen LogP contribution in [0.5, 0.6) is 11.5 Å². The van der Waals surface area contributed by atoms with Crippen LogP contribution in [0.4, 0.5) is 4.39 Å². The summed E-state index contributed by atoms with van der Waals surface area (Å²) >= 11 is 5.81. The molecular weight excluding hydrogens is 419 g/mol. The second kappa shape index (κ2) is 15.6. The zero-order valence-electron chi connectivity index (χ0n) is 20.5. The first-order chi connectivity index (χ1) is 15.6. The summed E-state index contributed by atoms with van der Waals surface area (Å²) < 4.78 is 25.9. The monoisotopic (exact) mass is 464 g/mol. The molecule has 1 aliphatic rings. The average Bonchev–Trinajstić information content (AvgIpc) is 2.81. The van der Waals surface area contributed by atoms with Gasteiger partial charge >= 0.3 is 0 Å². The summed E-state index contributed by atoms with van der Waals surface area (Å²) in [4.78, 5) is 0. The van der Waals surface area contributed by atoms with Crippen molar-refractivity contribution in [3.63, 3.8) is 0 Å². The summed E-state index contributed by atoms with van der Waals surface area (Å²) in [5.41, 5.74) is 0.0515. The van der Waals surface area contributed by atoms with Crippen LogP contribution in [0.1, 0.15) is 117 Å². The van der Waals surface area contributed by atoms with Gasteiger partial charge in [-0.3, -0.25) is 0 Å². The van der Waals surface area contributed by atoms with E-state index in [0.717, 1.165) is 42.9 Å². The molecule has 0 unspecified atom stereocenters. The second-order valence-electron chi connectivity index (χ2n) is 9.62. The number of benzene rings is 1. The molecule has 182 valence electrons. The highest BCUT2D eigenvalue weighted by atomic mass is 32.1. The normalized spacial score (nSPS) is 16.5. The molecule has 1 fully saturated rings. The van der Waals surface area contributed by atoms with Crippen molar-refractivity contribution in [2.24, 2.45) is 5.41 Å². The van der Waals surface area contributed by atoms with E-state index in [2.05, 4.69) is 13.8 Å². The first-order valence-electron chi connectivity index (χ1n) is 13.2. The lowest BCUT2D eigenvalue weighted by Gasteiger charge is -2.37. The smallest absolute Gasteiger partial charge is 0.173 e. The van der Waals surface area contributed by atoms with Gasteiger partial charge in [-0.1, -0.05) is 90.9 Å². The number of unbranched alkanes of at least 4 members (excludes halogenated alkanes) is 7. The van der Waals surface area contributed by atoms with Gasteiger partial charge < -0.3 is 9.47 Å². The molecule has 0 saturated heterocycles. The third-order valence-corrected chi connectivity index (χ3v) is 7.35. The van der Waals surface area contributed by atoms with E-state index in [0.29, 0.717) is 12.2 Å². The molecule has 0 N–H and O–H groups in total. The van der Waals surface area contributed by atoms with Gasteiger partial charge in [-0.05, 0) is 62.2 Å². The molecule has 0 heterocycles. The van der Waals surface area contributed by atoms with E-state index >= 15 is 0 Å². The Morgan fingerprint density at radius 3 is 2.16 bits per heavy atom. The van der Waals surface area contributed by atoms with E-state index < -0.39 is 6.17 Å². The van der Waals surface area contributed by atoms with E-state index in [4.69, 9.17) is 21.7 Å². The fourth-order valence-corrected chi connectivity index (χ4v) is 5.14. The van der Waals surface area contributed by atoms with Gasteiger partial charge in [0.05, 0.1) is 0 Å².